The lowest BCUT2D eigenvalue weighted by Gasteiger charge is -2.18. The monoisotopic (exact) mass is 184 g/mol. The van der Waals surface area contributed by atoms with Crippen molar-refractivity contribution in [3.05, 3.63) is 0 Å². The van der Waals surface area contributed by atoms with E-state index in [9.17, 15) is 0 Å². The van der Waals surface area contributed by atoms with Crippen molar-refractivity contribution in [2.75, 3.05) is 13.1 Å². The van der Waals surface area contributed by atoms with Crippen LogP contribution in [-0.2, 0) is 4.74 Å². The van der Waals surface area contributed by atoms with Crippen molar-refractivity contribution in [3.63, 3.8) is 0 Å². The first kappa shape index (κ1) is 10.5. The van der Waals surface area contributed by atoms with E-state index in [1.165, 1.54) is 0 Å². The quantitative estimate of drug-likeness (QED) is 0.723. The largest absolute Gasteiger partial charge is 0.476 e. The Morgan fingerprint density at radius 3 is 2.77 bits per heavy atom. The summed E-state index contributed by atoms with van der Waals surface area (Å²) in [4.78, 5) is 4.36. The highest BCUT2D eigenvalue weighted by Crippen LogP contribution is 2.22. The van der Waals surface area contributed by atoms with Crippen molar-refractivity contribution < 1.29 is 4.74 Å². The number of hydrogen-bond donors (Lipinski definition) is 1. The van der Waals surface area contributed by atoms with Gasteiger partial charge in [0.15, 0.2) is 5.90 Å². The van der Waals surface area contributed by atoms with Crippen LogP contribution in [0.4, 0.5) is 0 Å². The van der Waals surface area contributed by atoms with E-state index in [1.54, 1.807) is 0 Å². The molecule has 0 spiro atoms. The van der Waals surface area contributed by atoms with Gasteiger partial charge in [0.25, 0.3) is 0 Å². The fourth-order valence-corrected chi connectivity index (χ4v) is 1.36. The molecule has 1 unspecified atom stereocenters. The molecule has 76 valence electrons. The smallest absolute Gasteiger partial charge is 0.184 e. The molecule has 0 aliphatic carbocycles. The summed E-state index contributed by atoms with van der Waals surface area (Å²) in [6.07, 6.45) is 2.08. The number of nitrogens with zero attached hydrogens (tertiary/aromatic N) is 1. The first-order chi connectivity index (χ1) is 6.01. The maximum atomic E-state index is 5.65. The van der Waals surface area contributed by atoms with Crippen LogP contribution >= 0.6 is 0 Å². The lowest BCUT2D eigenvalue weighted by Crippen LogP contribution is -2.20. The molecule has 0 aromatic heterocycles. The van der Waals surface area contributed by atoms with Crippen molar-refractivity contribution in [1.29, 1.82) is 0 Å². The first-order valence-electron chi connectivity index (χ1n) is 4.91. The zero-order chi connectivity index (χ0) is 9.90. The second kappa shape index (κ2) is 4.09. The van der Waals surface area contributed by atoms with Gasteiger partial charge in [0.05, 0.1) is 6.54 Å². The van der Waals surface area contributed by atoms with Crippen LogP contribution in [0.25, 0.3) is 0 Å². The van der Waals surface area contributed by atoms with E-state index in [4.69, 9.17) is 10.5 Å². The topological polar surface area (TPSA) is 47.6 Å². The van der Waals surface area contributed by atoms with Gasteiger partial charge in [0.1, 0.15) is 6.10 Å². The van der Waals surface area contributed by atoms with E-state index >= 15 is 0 Å². The maximum absolute atomic E-state index is 5.65. The Bertz CT molecular complexity index is 194. The van der Waals surface area contributed by atoms with E-state index in [0.717, 1.165) is 25.3 Å². The van der Waals surface area contributed by atoms with Crippen molar-refractivity contribution in [2.45, 2.75) is 39.7 Å². The normalized spacial score (nSPS) is 22.8. The number of nitrogens with two attached hydrogens (primary N) is 1. The molecular formula is C10H20N2O. The molecule has 0 aromatic carbocycles. The van der Waals surface area contributed by atoms with Gasteiger partial charge in [-0.3, -0.25) is 4.99 Å². The molecule has 0 amide bonds. The Labute approximate surface area is 80.4 Å². The molecule has 1 heterocycles. The number of hydrogen-bond acceptors (Lipinski definition) is 3. The predicted molar refractivity (Wildman–Crippen MR) is 54.9 cm³/mol. The fraction of sp³-hybridized carbons (Fsp3) is 0.900. The summed E-state index contributed by atoms with van der Waals surface area (Å²) in [6, 6.07) is 0. The fourth-order valence-electron chi connectivity index (χ4n) is 1.36. The second-order valence-corrected chi connectivity index (χ2v) is 4.79. The highest BCUT2D eigenvalue weighted by Gasteiger charge is 2.23. The van der Waals surface area contributed by atoms with E-state index in [0.29, 0.717) is 6.54 Å². The van der Waals surface area contributed by atoms with E-state index < -0.39 is 0 Å². The lowest BCUT2D eigenvalue weighted by atomic mass is 9.92. The van der Waals surface area contributed by atoms with E-state index in [1.807, 2.05) is 0 Å². The van der Waals surface area contributed by atoms with Crippen LogP contribution in [0, 0.1) is 5.41 Å². The molecule has 0 bridgehead atoms. The Kier molecular flexibility index (Phi) is 3.31. The molecule has 13 heavy (non-hydrogen) atoms. The van der Waals surface area contributed by atoms with Crippen LogP contribution in [0.5, 0.6) is 0 Å². The minimum atomic E-state index is 0.238. The van der Waals surface area contributed by atoms with E-state index in [-0.39, 0.29) is 11.5 Å². The summed E-state index contributed by atoms with van der Waals surface area (Å²) in [5.74, 6) is 0.908. The Balaban J connectivity index is 2.32. The molecular weight excluding hydrogens is 164 g/mol. The number of ether oxygens (including phenoxy) is 1. The minimum Gasteiger partial charge on any atom is -0.476 e. The van der Waals surface area contributed by atoms with Crippen LogP contribution in [0.3, 0.4) is 0 Å². The van der Waals surface area contributed by atoms with Gasteiger partial charge in [-0.1, -0.05) is 20.8 Å². The summed E-state index contributed by atoms with van der Waals surface area (Å²) < 4.78 is 5.65. The van der Waals surface area contributed by atoms with Gasteiger partial charge in [-0.05, 0) is 18.4 Å². The maximum Gasteiger partial charge on any atom is 0.184 e. The highest BCUT2D eigenvalue weighted by atomic mass is 16.5. The second-order valence-electron chi connectivity index (χ2n) is 4.79. The Hall–Kier alpha value is -0.570. The average Bonchev–Trinajstić information content (AvgIpc) is 2.33. The number of aliphatic imine (C=N–C) groups is 1. The summed E-state index contributed by atoms with van der Waals surface area (Å²) >= 11 is 0. The predicted octanol–water partition coefficient (Wildman–Crippen LogP) is 1.57. The van der Waals surface area contributed by atoms with Gasteiger partial charge in [0.2, 0.25) is 0 Å². The van der Waals surface area contributed by atoms with Gasteiger partial charge in [-0.25, -0.2) is 0 Å². The molecule has 1 atom stereocenters. The third-order valence-electron chi connectivity index (χ3n) is 1.94. The molecule has 3 heteroatoms. The first-order valence-corrected chi connectivity index (χ1v) is 4.91. The summed E-state index contributed by atoms with van der Waals surface area (Å²) in [7, 11) is 0. The minimum absolute atomic E-state index is 0.238. The molecule has 3 nitrogen and oxygen atoms in total. The van der Waals surface area contributed by atoms with Crippen LogP contribution in [0.1, 0.15) is 33.6 Å². The Morgan fingerprint density at radius 2 is 2.23 bits per heavy atom. The average molecular weight is 184 g/mol. The molecule has 0 fully saturated rings. The summed E-state index contributed by atoms with van der Waals surface area (Å²) in [5, 5.41) is 0. The molecule has 1 aliphatic rings. The van der Waals surface area contributed by atoms with Crippen molar-refractivity contribution >= 4 is 5.90 Å². The van der Waals surface area contributed by atoms with Crippen LogP contribution in [0.2, 0.25) is 0 Å². The molecule has 1 rings (SSSR count). The van der Waals surface area contributed by atoms with Gasteiger partial charge in [-0.15, -0.1) is 0 Å². The zero-order valence-electron chi connectivity index (χ0n) is 8.84. The van der Waals surface area contributed by atoms with E-state index in [2.05, 4.69) is 25.8 Å². The Morgan fingerprint density at radius 1 is 1.54 bits per heavy atom. The highest BCUT2D eigenvalue weighted by molar-refractivity contribution is 5.78. The molecule has 0 saturated heterocycles. The zero-order valence-corrected chi connectivity index (χ0v) is 8.84. The third kappa shape index (κ3) is 3.77. The molecule has 1 aliphatic heterocycles. The molecule has 0 aromatic rings. The van der Waals surface area contributed by atoms with Crippen LogP contribution in [0.15, 0.2) is 4.99 Å². The van der Waals surface area contributed by atoms with Crippen molar-refractivity contribution in [2.24, 2.45) is 16.1 Å². The summed E-state index contributed by atoms with van der Waals surface area (Å²) in [6.45, 7) is 8.05. The summed E-state index contributed by atoms with van der Waals surface area (Å²) in [5.41, 5.74) is 5.71. The molecule has 2 N–H and O–H groups in total. The van der Waals surface area contributed by atoms with Crippen LogP contribution < -0.4 is 5.73 Å². The van der Waals surface area contributed by atoms with Crippen molar-refractivity contribution in [3.8, 4) is 0 Å². The van der Waals surface area contributed by atoms with Gasteiger partial charge < -0.3 is 10.5 Å². The molecule has 0 radical (unpaired) electrons. The molecule has 0 saturated carbocycles. The third-order valence-corrected chi connectivity index (χ3v) is 1.94. The van der Waals surface area contributed by atoms with Gasteiger partial charge in [0, 0.05) is 6.42 Å². The number of rotatable bonds is 3. The van der Waals surface area contributed by atoms with Gasteiger partial charge in [-0.2, -0.15) is 0 Å². The van der Waals surface area contributed by atoms with Crippen LogP contribution in [-0.4, -0.2) is 25.1 Å². The van der Waals surface area contributed by atoms with Gasteiger partial charge >= 0.3 is 0 Å². The standard InChI is InChI=1S/C10H20N2O/c1-10(2,3)6-9-12-7-8(13-9)4-5-11/h8H,4-7,11H2,1-3H3. The SMILES string of the molecule is CC(C)(C)CC1=NCC(CCN)O1. The van der Waals surface area contributed by atoms with Crippen molar-refractivity contribution in [1.82, 2.24) is 0 Å². The lowest BCUT2D eigenvalue weighted by molar-refractivity contribution is 0.202.